The first kappa shape index (κ1) is 23.0. The molecule has 1 aliphatic rings. The number of carbonyl (C=O) groups is 3. The molecule has 0 radical (unpaired) electrons. The molecule has 2 aromatic rings. The lowest BCUT2D eigenvalue weighted by molar-refractivity contribution is -0.156. The van der Waals surface area contributed by atoms with Crippen LogP contribution in [0.2, 0.25) is 0 Å². The number of anilines is 1. The summed E-state index contributed by atoms with van der Waals surface area (Å²) in [4.78, 5) is 37.8. The van der Waals surface area contributed by atoms with Crippen LogP contribution in [0.3, 0.4) is 0 Å². The summed E-state index contributed by atoms with van der Waals surface area (Å²) in [6.07, 6.45) is -3.72. The van der Waals surface area contributed by atoms with Crippen LogP contribution in [0.15, 0.2) is 18.2 Å². The molecular weight excluding hydrogens is 432 g/mol. The van der Waals surface area contributed by atoms with Gasteiger partial charge in [0.05, 0.1) is 16.8 Å². The predicted molar refractivity (Wildman–Crippen MR) is 105 cm³/mol. The van der Waals surface area contributed by atoms with Crippen LogP contribution in [0.4, 0.5) is 23.2 Å². The highest BCUT2D eigenvalue weighted by molar-refractivity contribution is 6.43. The maximum absolute atomic E-state index is 13.5. The Morgan fingerprint density at radius 2 is 1.94 bits per heavy atom. The van der Waals surface area contributed by atoms with Gasteiger partial charge in [-0.05, 0) is 50.5 Å². The first-order chi connectivity index (χ1) is 15.0. The zero-order valence-corrected chi connectivity index (χ0v) is 17.1. The Labute approximate surface area is 180 Å². The molecule has 168 valence electrons. The highest BCUT2D eigenvalue weighted by Crippen LogP contribution is 2.30. The van der Waals surface area contributed by atoms with Crippen molar-refractivity contribution >= 4 is 23.3 Å². The minimum atomic E-state index is -4.71. The Morgan fingerprint density at radius 1 is 1.25 bits per heavy atom. The van der Waals surface area contributed by atoms with Gasteiger partial charge in [-0.3, -0.25) is 14.4 Å². The molecule has 0 unspecified atom stereocenters. The summed E-state index contributed by atoms with van der Waals surface area (Å²) in [6, 6.07) is 2.87. The number of alkyl halides is 3. The minimum absolute atomic E-state index is 0.116. The lowest BCUT2D eigenvalue weighted by Gasteiger charge is -2.17. The van der Waals surface area contributed by atoms with Crippen molar-refractivity contribution in [3.05, 3.63) is 52.1 Å². The molecule has 1 aliphatic heterocycles. The molecule has 1 aromatic heterocycles. The molecule has 32 heavy (non-hydrogen) atoms. The lowest BCUT2D eigenvalue weighted by atomic mass is 10.0. The molecule has 7 nitrogen and oxygen atoms in total. The van der Waals surface area contributed by atoms with E-state index in [1.165, 1.54) is 17.6 Å². The maximum atomic E-state index is 13.5. The van der Waals surface area contributed by atoms with Crippen molar-refractivity contribution in [3.8, 4) is 6.07 Å². The van der Waals surface area contributed by atoms with E-state index >= 15 is 0 Å². The molecule has 0 fully saturated rings. The van der Waals surface area contributed by atoms with Crippen molar-refractivity contribution in [2.45, 2.75) is 45.5 Å². The SMILES string of the molecule is Cc1c(C(=O)Nc2ccc(F)c(C#N)c2)c2n(c1C(=O)C(=O)N[C@H](C)C(F)(F)F)CCC2. The van der Waals surface area contributed by atoms with Crippen molar-refractivity contribution in [2.24, 2.45) is 0 Å². The topological polar surface area (TPSA) is 104 Å². The lowest BCUT2D eigenvalue weighted by Crippen LogP contribution is -2.46. The molecular formula is C21H18F4N4O3. The number of aromatic nitrogens is 1. The van der Waals surface area contributed by atoms with Gasteiger partial charge < -0.3 is 15.2 Å². The highest BCUT2D eigenvalue weighted by atomic mass is 19.4. The van der Waals surface area contributed by atoms with Gasteiger partial charge in [0, 0.05) is 17.9 Å². The smallest absolute Gasteiger partial charge is 0.341 e. The van der Waals surface area contributed by atoms with Crippen LogP contribution in [-0.4, -0.2) is 34.4 Å². The van der Waals surface area contributed by atoms with Gasteiger partial charge in [-0.15, -0.1) is 0 Å². The minimum Gasteiger partial charge on any atom is -0.341 e. The molecule has 3 rings (SSSR count). The number of halogens is 4. The van der Waals surface area contributed by atoms with E-state index in [2.05, 4.69) is 5.32 Å². The normalized spacial score (nSPS) is 13.8. The second-order valence-corrected chi connectivity index (χ2v) is 7.38. The van der Waals surface area contributed by atoms with Crippen LogP contribution in [0, 0.1) is 24.1 Å². The van der Waals surface area contributed by atoms with Gasteiger partial charge in [-0.2, -0.15) is 18.4 Å². The van der Waals surface area contributed by atoms with Crippen LogP contribution in [0.5, 0.6) is 0 Å². The zero-order valence-electron chi connectivity index (χ0n) is 17.1. The van der Waals surface area contributed by atoms with E-state index < -0.39 is 35.6 Å². The number of hydrogen-bond acceptors (Lipinski definition) is 4. The van der Waals surface area contributed by atoms with Crippen LogP contribution in [0.1, 0.15) is 51.0 Å². The second-order valence-electron chi connectivity index (χ2n) is 7.38. The summed E-state index contributed by atoms with van der Waals surface area (Å²) >= 11 is 0. The van der Waals surface area contributed by atoms with E-state index in [4.69, 9.17) is 5.26 Å². The van der Waals surface area contributed by atoms with Crippen LogP contribution < -0.4 is 10.6 Å². The van der Waals surface area contributed by atoms with Gasteiger partial charge >= 0.3 is 6.18 Å². The first-order valence-electron chi connectivity index (χ1n) is 9.60. The van der Waals surface area contributed by atoms with Gasteiger partial charge in [0.15, 0.2) is 0 Å². The number of nitrogens with zero attached hydrogens (tertiary/aromatic N) is 2. The molecule has 2 amide bonds. The first-order valence-corrected chi connectivity index (χ1v) is 9.60. The predicted octanol–water partition coefficient (Wildman–Crippen LogP) is 3.26. The van der Waals surface area contributed by atoms with E-state index in [-0.39, 0.29) is 28.1 Å². The summed E-state index contributed by atoms with van der Waals surface area (Å²) in [7, 11) is 0. The van der Waals surface area contributed by atoms with E-state index in [0.29, 0.717) is 25.1 Å². The fourth-order valence-electron chi connectivity index (χ4n) is 3.65. The molecule has 2 N–H and O–H groups in total. The average molecular weight is 450 g/mol. The fraction of sp³-hybridized carbons (Fsp3) is 0.333. The van der Waals surface area contributed by atoms with Gasteiger partial charge in [0.1, 0.15) is 17.9 Å². The summed E-state index contributed by atoms with van der Waals surface area (Å²) in [5.74, 6) is -3.99. The van der Waals surface area contributed by atoms with Gasteiger partial charge in [-0.25, -0.2) is 4.39 Å². The van der Waals surface area contributed by atoms with Crippen LogP contribution >= 0.6 is 0 Å². The monoisotopic (exact) mass is 450 g/mol. The number of hydrogen-bond donors (Lipinski definition) is 2. The molecule has 2 heterocycles. The third-order valence-corrected chi connectivity index (χ3v) is 5.24. The number of carbonyl (C=O) groups excluding carboxylic acids is 3. The van der Waals surface area contributed by atoms with E-state index in [1.807, 2.05) is 0 Å². The molecule has 0 spiro atoms. The van der Waals surface area contributed by atoms with Crippen molar-refractivity contribution in [2.75, 3.05) is 5.32 Å². The molecule has 1 aromatic carbocycles. The Kier molecular flexibility index (Phi) is 6.07. The fourth-order valence-corrected chi connectivity index (χ4v) is 3.65. The number of rotatable bonds is 5. The van der Waals surface area contributed by atoms with Gasteiger partial charge in [0.25, 0.3) is 17.6 Å². The number of nitriles is 1. The van der Waals surface area contributed by atoms with Gasteiger partial charge in [0.2, 0.25) is 0 Å². The van der Waals surface area contributed by atoms with Crippen LogP contribution in [0.25, 0.3) is 0 Å². The quantitative estimate of drug-likeness (QED) is 0.415. The number of fused-ring (bicyclic) bond motifs is 1. The Balaban J connectivity index is 1.92. The van der Waals surface area contributed by atoms with E-state index in [9.17, 15) is 31.9 Å². The third-order valence-electron chi connectivity index (χ3n) is 5.24. The molecule has 11 heteroatoms. The van der Waals surface area contributed by atoms with Crippen molar-refractivity contribution in [1.29, 1.82) is 5.26 Å². The molecule has 0 aliphatic carbocycles. The maximum Gasteiger partial charge on any atom is 0.408 e. The standard InChI is InChI=1S/C21H18F4N4O3/c1-10-16(19(31)28-13-5-6-14(22)12(8-13)9-26)15-4-3-7-29(15)17(10)18(30)20(32)27-11(2)21(23,24)25/h5-6,8,11H,3-4,7H2,1-2H3,(H,27,32)(H,28,31)/t11-/m1/s1. The van der Waals surface area contributed by atoms with Crippen molar-refractivity contribution in [3.63, 3.8) is 0 Å². The summed E-state index contributed by atoms with van der Waals surface area (Å²) < 4.78 is 53.2. The van der Waals surface area contributed by atoms with Crippen molar-refractivity contribution in [1.82, 2.24) is 9.88 Å². The number of Topliss-reactive ketones (excluding diaryl/α,β-unsaturated/α-hetero) is 1. The summed E-state index contributed by atoms with van der Waals surface area (Å²) in [6.45, 7) is 2.47. The Hall–Kier alpha value is -3.68. The molecule has 0 saturated carbocycles. The second kappa shape index (κ2) is 8.45. The molecule has 1 atom stereocenters. The Bertz CT molecular complexity index is 1160. The number of amides is 2. The largest absolute Gasteiger partial charge is 0.408 e. The molecule has 0 saturated heterocycles. The third kappa shape index (κ3) is 4.21. The van der Waals surface area contributed by atoms with E-state index in [0.717, 1.165) is 19.1 Å². The summed E-state index contributed by atoms with van der Waals surface area (Å²) in [5.41, 5.74) is 0.474. The molecule has 0 bridgehead atoms. The Morgan fingerprint density at radius 3 is 2.56 bits per heavy atom. The zero-order chi connectivity index (χ0) is 23.8. The van der Waals surface area contributed by atoms with Crippen molar-refractivity contribution < 1.29 is 31.9 Å². The number of nitrogens with one attached hydrogen (secondary N) is 2. The number of benzene rings is 1. The average Bonchev–Trinajstić information content (AvgIpc) is 3.27. The van der Waals surface area contributed by atoms with Crippen LogP contribution in [-0.2, 0) is 17.8 Å². The van der Waals surface area contributed by atoms with Gasteiger partial charge in [-0.1, -0.05) is 0 Å². The van der Waals surface area contributed by atoms with E-state index in [1.54, 1.807) is 11.4 Å². The highest BCUT2D eigenvalue weighted by Gasteiger charge is 2.39. The number of ketones is 1. The summed E-state index contributed by atoms with van der Waals surface area (Å²) in [5, 5.41) is 13.1.